The molecule has 0 saturated heterocycles. The third kappa shape index (κ3) is 6.33. The molecule has 108 valence electrons. The number of ether oxygens (including phenoxy) is 3. The molecular weight excluding hydrogens is 234 g/mol. The molecule has 0 saturated carbocycles. The van der Waals surface area contributed by atoms with Crippen LogP contribution in [0.2, 0.25) is 0 Å². The molecule has 0 amide bonds. The third-order valence-corrected chi connectivity index (χ3v) is 3.02. The van der Waals surface area contributed by atoms with Crippen LogP contribution in [-0.2, 0) is 19.0 Å². The van der Waals surface area contributed by atoms with E-state index in [1.807, 2.05) is 20.8 Å². The first-order chi connectivity index (χ1) is 8.14. The van der Waals surface area contributed by atoms with Gasteiger partial charge in [-0.1, -0.05) is 0 Å². The number of hydrogen-bond donors (Lipinski definition) is 1. The maximum atomic E-state index is 11.4. The van der Waals surface area contributed by atoms with E-state index in [-0.39, 0.29) is 11.7 Å². The summed E-state index contributed by atoms with van der Waals surface area (Å²) in [5.74, 6) is -0.421. The second kappa shape index (κ2) is 7.07. The summed E-state index contributed by atoms with van der Waals surface area (Å²) in [4.78, 5) is 11.4. The van der Waals surface area contributed by atoms with Crippen LogP contribution in [0.3, 0.4) is 0 Å². The lowest BCUT2D eigenvalue weighted by Crippen LogP contribution is -2.48. The van der Waals surface area contributed by atoms with Gasteiger partial charge in [-0.05, 0) is 34.1 Å². The molecule has 0 aromatic carbocycles. The lowest BCUT2D eigenvalue weighted by Gasteiger charge is -2.27. The van der Waals surface area contributed by atoms with Gasteiger partial charge in [0, 0.05) is 20.1 Å². The van der Waals surface area contributed by atoms with Crippen molar-refractivity contribution in [2.24, 2.45) is 5.73 Å². The van der Waals surface area contributed by atoms with Gasteiger partial charge in [0.05, 0.1) is 18.8 Å². The van der Waals surface area contributed by atoms with Crippen LogP contribution in [0.15, 0.2) is 0 Å². The summed E-state index contributed by atoms with van der Waals surface area (Å²) in [5, 5.41) is 0. The molecule has 0 fully saturated rings. The minimum absolute atomic E-state index is 0.105. The fraction of sp³-hybridized carbons (Fsp3) is 0.923. The number of methoxy groups -OCH3 is 2. The van der Waals surface area contributed by atoms with Crippen LogP contribution in [-0.4, -0.2) is 44.0 Å². The molecule has 0 aliphatic rings. The van der Waals surface area contributed by atoms with E-state index in [1.165, 1.54) is 7.11 Å². The quantitative estimate of drug-likeness (QED) is 0.670. The van der Waals surface area contributed by atoms with Crippen molar-refractivity contribution in [2.45, 2.75) is 57.8 Å². The minimum Gasteiger partial charge on any atom is -0.468 e. The van der Waals surface area contributed by atoms with Gasteiger partial charge in [-0.25, -0.2) is 0 Å². The van der Waals surface area contributed by atoms with Crippen molar-refractivity contribution in [2.75, 3.05) is 20.8 Å². The minimum atomic E-state index is -1.01. The Kier molecular flexibility index (Phi) is 6.81. The molecule has 0 rings (SSSR count). The van der Waals surface area contributed by atoms with E-state index in [2.05, 4.69) is 4.74 Å². The van der Waals surface area contributed by atoms with Crippen molar-refractivity contribution >= 4 is 5.97 Å². The van der Waals surface area contributed by atoms with Crippen LogP contribution in [0.5, 0.6) is 0 Å². The number of rotatable bonds is 8. The maximum Gasteiger partial charge on any atom is 0.325 e. The Hall–Kier alpha value is -0.650. The van der Waals surface area contributed by atoms with Gasteiger partial charge in [0.2, 0.25) is 0 Å². The van der Waals surface area contributed by atoms with Crippen LogP contribution < -0.4 is 5.73 Å². The van der Waals surface area contributed by atoms with Crippen molar-refractivity contribution in [1.82, 2.24) is 0 Å². The summed E-state index contributed by atoms with van der Waals surface area (Å²) < 4.78 is 15.6. The Balaban J connectivity index is 4.05. The molecule has 0 aliphatic heterocycles. The van der Waals surface area contributed by atoms with Gasteiger partial charge in [-0.3, -0.25) is 4.79 Å². The van der Waals surface area contributed by atoms with Crippen LogP contribution in [0.1, 0.15) is 40.5 Å². The predicted molar refractivity (Wildman–Crippen MR) is 70.3 cm³/mol. The largest absolute Gasteiger partial charge is 0.468 e. The van der Waals surface area contributed by atoms with E-state index < -0.39 is 11.5 Å². The van der Waals surface area contributed by atoms with Gasteiger partial charge in [0.25, 0.3) is 0 Å². The third-order valence-electron chi connectivity index (χ3n) is 3.02. The van der Waals surface area contributed by atoms with Crippen molar-refractivity contribution in [3.63, 3.8) is 0 Å². The van der Waals surface area contributed by atoms with Gasteiger partial charge < -0.3 is 19.9 Å². The summed E-state index contributed by atoms with van der Waals surface area (Å²) in [6.07, 6.45) is 1.10. The van der Waals surface area contributed by atoms with E-state index in [4.69, 9.17) is 15.2 Å². The number of hydrogen-bond acceptors (Lipinski definition) is 5. The topological polar surface area (TPSA) is 70.8 Å². The Morgan fingerprint density at radius 2 is 1.83 bits per heavy atom. The highest BCUT2D eigenvalue weighted by Crippen LogP contribution is 2.16. The van der Waals surface area contributed by atoms with Crippen LogP contribution in [0.4, 0.5) is 0 Å². The molecule has 2 unspecified atom stereocenters. The molecule has 18 heavy (non-hydrogen) atoms. The average Bonchev–Trinajstić information content (AvgIpc) is 2.26. The molecule has 0 bridgehead atoms. The zero-order valence-electron chi connectivity index (χ0n) is 12.4. The molecule has 5 nitrogen and oxygen atoms in total. The van der Waals surface area contributed by atoms with Crippen molar-refractivity contribution in [3.8, 4) is 0 Å². The highest BCUT2D eigenvalue weighted by atomic mass is 16.5. The lowest BCUT2D eigenvalue weighted by atomic mass is 9.96. The first kappa shape index (κ1) is 17.4. The summed E-state index contributed by atoms with van der Waals surface area (Å²) in [6.45, 7) is 8.12. The summed E-state index contributed by atoms with van der Waals surface area (Å²) in [7, 11) is 3.01. The van der Waals surface area contributed by atoms with Gasteiger partial charge in [0.1, 0.15) is 5.54 Å². The molecule has 0 aromatic heterocycles. The summed E-state index contributed by atoms with van der Waals surface area (Å²) in [5.41, 5.74) is 4.67. The van der Waals surface area contributed by atoms with Crippen molar-refractivity contribution in [1.29, 1.82) is 0 Å². The molecular formula is C13H27NO4. The molecule has 0 spiro atoms. The van der Waals surface area contributed by atoms with Gasteiger partial charge in [-0.15, -0.1) is 0 Å². The second-order valence-corrected chi connectivity index (χ2v) is 5.51. The van der Waals surface area contributed by atoms with Crippen molar-refractivity contribution < 1.29 is 19.0 Å². The Labute approximate surface area is 110 Å². The second-order valence-electron chi connectivity index (χ2n) is 5.51. The molecule has 2 atom stereocenters. The van der Waals surface area contributed by atoms with Crippen molar-refractivity contribution in [3.05, 3.63) is 0 Å². The van der Waals surface area contributed by atoms with Gasteiger partial charge >= 0.3 is 5.97 Å². The normalized spacial score (nSPS) is 17.1. The van der Waals surface area contributed by atoms with Crippen LogP contribution >= 0.6 is 0 Å². The van der Waals surface area contributed by atoms with Gasteiger partial charge in [-0.2, -0.15) is 0 Å². The Morgan fingerprint density at radius 1 is 1.28 bits per heavy atom. The molecule has 0 aliphatic carbocycles. The summed E-state index contributed by atoms with van der Waals surface area (Å²) in [6, 6.07) is 0. The zero-order chi connectivity index (χ0) is 14.4. The lowest BCUT2D eigenvalue weighted by molar-refractivity contribution is -0.148. The fourth-order valence-corrected chi connectivity index (χ4v) is 1.58. The molecule has 0 heterocycles. The maximum absolute atomic E-state index is 11.4. The number of carbonyl (C=O) groups excluding carboxylic acids is 1. The SMILES string of the molecule is COC(=O)C(C)(N)CC(C)OCCC(C)(C)OC. The summed E-state index contributed by atoms with van der Waals surface area (Å²) >= 11 is 0. The highest BCUT2D eigenvalue weighted by molar-refractivity contribution is 5.79. The Bertz CT molecular complexity index is 264. The number of esters is 1. The standard InChI is InChI=1S/C13H27NO4/c1-10(9-13(4,14)11(15)16-5)18-8-7-12(2,3)17-6/h10H,7-9,14H2,1-6H3. The molecule has 5 heteroatoms. The molecule has 2 N–H and O–H groups in total. The number of carbonyl (C=O) groups is 1. The zero-order valence-corrected chi connectivity index (χ0v) is 12.4. The average molecular weight is 261 g/mol. The van der Waals surface area contributed by atoms with E-state index in [9.17, 15) is 4.79 Å². The first-order valence-electron chi connectivity index (χ1n) is 6.18. The van der Waals surface area contributed by atoms with Crippen LogP contribution in [0.25, 0.3) is 0 Å². The smallest absolute Gasteiger partial charge is 0.325 e. The predicted octanol–water partition coefficient (Wildman–Crippen LogP) is 1.49. The first-order valence-corrected chi connectivity index (χ1v) is 6.18. The van der Waals surface area contributed by atoms with E-state index in [0.29, 0.717) is 13.0 Å². The highest BCUT2D eigenvalue weighted by Gasteiger charge is 2.31. The fourth-order valence-electron chi connectivity index (χ4n) is 1.58. The molecule has 0 aromatic rings. The molecule has 0 radical (unpaired) electrons. The van der Waals surface area contributed by atoms with E-state index >= 15 is 0 Å². The Morgan fingerprint density at radius 3 is 2.28 bits per heavy atom. The monoisotopic (exact) mass is 261 g/mol. The van der Waals surface area contributed by atoms with E-state index in [0.717, 1.165) is 6.42 Å². The van der Waals surface area contributed by atoms with E-state index in [1.54, 1.807) is 14.0 Å². The van der Waals surface area contributed by atoms with Crippen LogP contribution in [0, 0.1) is 0 Å². The number of nitrogens with two attached hydrogens (primary N) is 1. The van der Waals surface area contributed by atoms with Gasteiger partial charge in [0.15, 0.2) is 0 Å².